The number of aromatic amines is 1. The Morgan fingerprint density at radius 3 is 3.21 bits per heavy atom. The largest absolute Gasteiger partial charge is 0.278 e. The summed E-state index contributed by atoms with van der Waals surface area (Å²) in [5.74, 6) is 0.403. The molecule has 14 heavy (non-hydrogen) atoms. The summed E-state index contributed by atoms with van der Waals surface area (Å²) in [7, 11) is 0. The maximum Gasteiger partial charge on any atom is 0.277 e. The monoisotopic (exact) mass is 190 g/mol. The predicted molar refractivity (Wildman–Crippen MR) is 52.2 cm³/mol. The first-order valence-corrected chi connectivity index (χ1v) is 4.26. The van der Waals surface area contributed by atoms with Crippen LogP contribution in [0, 0.1) is 6.92 Å². The Morgan fingerprint density at radius 2 is 2.50 bits per heavy atom. The zero-order chi connectivity index (χ0) is 10.1. The molecule has 72 valence electrons. The lowest BCUT2D eigenvalue weighted by Gasteiger charge is -2.00. The SMILES string of the molecule is C=CCc1c(C)nc2nc[nH]n2c1=O. The lowest BCUT2D eigenvalue weighted by molar-refractivity contribution is 0.862. The van der Waals surface area contributed by atoms with Crippen LogP contribution in [0.25, 0.3) is 5.78 Å². The molecule has 2 aromatic heterocycles. The van der Waals surface area contributed by atoms with Crippen molar-refractivity contribution in [3.8, 4) is 0 Å². The molecule has 0 radical (unpaired) electrons. The van der Waals surface area contributed by atoms with Gasteiger partial charge in [-0.2, -0.15) is 4.52 Å². The van der Waals surface area contributed by atoms with Crippen molar-refractivity contribution < 1.29 is 0 Å². The molecule has 0 spiro atoms. The van der Waals surface area contributed by atoms with Crippen LogP contribution in [0.1, 0.15) is 11.3 Å². The molecule has 1 N–H and O–H groups in total. The number of nitrogens with zero attached hydrogens (tertiary/aromatic N) is 3. The summed E-state index contributed by atoms with van der Waals surface area (Å²) in [5, 5.41) is 2.71. The highest BCUT2D eigenvalue weighted by atomic mass is 16.1. The summed E-state index contributed by atoms with van der Waals surface area (Å²) in [6.07, 6.45) is 3.66. The van der Waals surface area contributed by atoms with Gasteiger partial charge in [-0.05, 0) is 13.3 Å². The second-order valence-corrected chi connectivity index (χ2v) is 3.00. The Bertz CT molecular complexity index is 537. The van der Waals surface area contributed by atoms with E-state index in [9.17, 15) is 4.79 Å². The van der Waals surface area contributed by atoms with E-state index in [4.69, 9.17) is 0 Å². The van der Waals surface area contributed by atoms with Crippen molar-refractivity contribution in [3.05, 3.63) is 40.6 Å². The van der Waals surface area contributed by atoms with Gasteiger partial charge in [0.25, 0.3) is 11.3 Å². The molecule has 0 aliphatic rings. The summed E-state index contributed by atoms with van der Waals surface area (Å²) in [5.41, 5.74) is 1.26. The molecule has 2 aromatic rings. The molecule has 2 rings (SSSR count). The summed E-state index contributed by atoms with van der Waals surface area (Å²) in [6, 6.07) is 0. The highest BCUT2D eigenvalue weighted by Crippen LogP contribution is 2.01. The van der Waals surface area contributed by atoms with Gasteiger partial charge >= 0.3 is 0 Å². The minimum Gasteiger partial charge on any atom is -0.278 e. The number of aromatic nitrogens is 4. The van der Waals surface area contributed by atoms with Crippen LogP contribution in [-0.2, 0) is 6.42 Å². The van der Waals surface area contributed by atoms with E-state index in [0.29, 0.717) is 23.5 Å². The molecule has 5 heteroatoms. The first-order valence-electron chi connectivity index (χ1n) is 4.26. The Kier molecular flexibility index (Phi) is 1.92. The van der Waals surface area contributed by atoms with Crippen LogP contribution in [0.2, 0.25) is 0 Å². The number of aryl methyl sites for hydroxylation is 1. The topological polar surface area (TPSA) is 63.1 Å². The number of hydrogen-bond donors (Lipinski definition) is 1. The highest BCUT2D eigenvalue weighted by molar-refractivity contribution is 5.31. The molecule has 0 amide bonds. The Balaban J connectivity index is 2.82. The van der Waals surface area contributed by atoms with E-state index < -0.39 is 0 Å². The van der Waals surface area contributed by atoms with E-state index in [1.165, 1.54) is 10.8 Å². The van der Waals surface area contributed by atoms with Crippen LogP contribution in [0.15, 0.2) is 23.8 Å². The van der Waals surface area contributed by atoms with E-state index in [0.717, 1.165) is 0 Å². The molecule has 0 atom stereocenters. The summed E-state index contributed by atoms with van der Waals surface area (Å²) < 4.78 is 1.33. The van der Waals surface area contributed by atoms with Crippen LogP contribution in [0.4, 0.5) is 0 Å². The maximum absolute atomic E-state index is 11.8. The molecule has 5 nitrogen and oxygen atoms in total. The van der Waals surface area contributed by atoms with Crippen molar-refractivity contribution in [2.24, 2.45) is 0 Å². The number of fused-ring (bicyclic) bond motifs is 1. The first kappa shape index (κ1) is 8.68. The fourth-order valence-corrected chi connectivity index (χ4v) is 1.37. The van der Waals surface area contributed by atoms with Crippen molar-refractivity contribution in [2.45, 2.75) is 13.3 Å². The van der Waals surface area contributed by atoms with Gasteiger partial charge in [0, 0.05) is 5.56 Å². The van der Waals surface area contributed by atoms with Crippen molar-refractivity contribution in [1.29, 1.82) is 0 Å². The zero-order valence-corrected chi connectivity index (χ0v) is 7.82. The van der Waals surface area contributed by atoms with Crippen molar-refractivity contribution in [3.63, 3.8) is 0 Å². The minimum atomic E-state index is -0.107. The van der Waals surface area contributed by atoms with Gasteiger partial charge in [0.2, 0.25) is 0 Å². The lowest BCUT2D eigenvalue weighted by atomic mass is 10.2. The van der Waals surface area contributed by atoms with E-state index in [1.807, 2.05) is 0 Å². The Hall–Kier alpha value is -1.91. The molecular weight excluding hydrogens is 180 g/mol. The summed E-state index contributed by atoms with van der Waals surface area (Å²) in [6.45, 7) is 5.40. The average Bonchev–Trinajstić information content (AvgIpc) is 2.60. The van der Waals surface area contributed by atoms with Gasteiger partial charge in [-0.25, -0.2) is 9.97 Å². The van der Waals surface area contributed by atoms with Crippen LogP contribution < -0.4 is 5.56 Å². The van der Waals surface area contributed by atoms with Gasteiger partial charge in [0.05, 0.1) is 5.69 Å². The molecule has 0 aliphatic carbocycles. The minimum absolute atomic E-state index is 0.107. The van der Waals surface area contributed by atoms with Crippen LogP contribution in [0.3, 0.4) is 0 Å². The fourth-order valence-electron chi connectivity index (χ4n) is 1.37. The van der Waals surface area contributed by atoms with Crippen LogP contribution in [-0.4, -0.2) is 19.6 Å². The van der Waals surface area contributed by atoms with E-state index >= 15 is 0 Å². The van der Waals surface area contributed by atoms with E-state index in [2.05, 4.69) is 21.6 Å². The molecule has 0 bridgehead atoms. The quantitative estimate of drug-likeness (QED) is 0.699. The second kappa shape index (κ2) is 3.10. The third kappa shape index (κ3) is 1.14. The van der Waals surface area contributed by atoms with Crippen LogP contribution >= 0.6 is 0 Å². The average molecular weight is 190 g/mol. The van der Waals surface area contributed by atoms with Crippen molar-refractivity contribution >= 4 is 5.78 Å². The number of rotatable bonds is 2. The Morgan fingerprint density at radius 1 is 1.71 bits per heavy atom. The van der Waals surface area contributed by atoms with Crippen LogP contribution in [0.5, 0.6) is 0 Å². The molecule has 0 fully saturated rings. The van der Waals surface area contributed by atoms with E-state index in [-0.39, 0.29) is 5.56 Å². The number of H-pyrrole nitrogens is 1. The smallest absolute Gasteiger partial charge is 0.277 e. The van der Waals surface area contributed by atoms with Gasteiger partial charge < -0.3 is 0 Å². The maximum atomic E-state index is 11.8. The van der Waals surface area contributed by atoms with Crippen molar-refractivity contribution in [2.75, 3.05) is 0 Å². The molecule has 0 saturated carbocycles. The third-order valence-electron chi connectivity index (χ3n) is 2.08. The Labute approximate surface area is 80.1 Å². The van der Waals surface area contributed by atoms with Gasteiger partial charge in [-0.15, -0.1) is 6.58 Å². The van der Waals surface area contributed by atoms with E-state index in [1.54, 1.807) is 13.0 Å². The number of nitrogens with one attached hydrogen (secondary N) is 1. The number of allylic oxidation sites excluding steroid dienone is 1. The van der Waals surface area contributed by atoms with Gasteiger partial charge in [-0.1, -0.05) is 6.08 Å². The molecule has 0 saturated heterocycles. The zero-order valence-electron chi connectivity index (χ0n) is 7.82. The van der Waals surface area contributed by atoms with Crippen molar-refractivity contribution in [1.82, 2.24) is 19.6 Å². The lowest BCUT2D eigenvalue weighted by Crippen LogP contribution is -2.21. The molecule has 0 unspecified atom stereocenters. The predicted octanol–water partition coefficient (Wildman–Crippen LogP) is 0.455. The molecule has 0 aromatic carbocycles. The van der Waals surface area contributed by atoms with Gasteiger partial charge in [-0.3, -0.25) is 9.89 Å². The normalized spacial score (nSPS) is 10.6. The van der Waals surface area contributed by atoms with Gasteiger partial charge in [0.15, 0.2) is 0 Å². The second-order valence-electron chi connectivity index (χ2n) is 3.00. The molecule has 2 heterocycles. The standard InChI is InChI=1S/C9H10N4O/c1-3-4-7-6(2)12-9-10-5-11-13(9)8(7)14/h3,5H,1,4H2,2H3,(H,10,11,12). The first-order chi connectivity index (χ1) is 6.74. The summed E-state index contributed by atoms with van der Waals surface area (Å²) >= 11 is 0. The number of hydrogen-bond acceptors (Lipinski definition) is 3. The van der Waals surface area contributed by atoms with Gasteiger partial charge in [0.1, 0.15) is 6.33 Å². The fraction of sp³-hybridized carbons (Fsp3) is 0.222. The molecular formula is C9H10N4O. The summed E-state index contributed by atoms with van der Waals surface area (Å²) in [4.78, 5) is 19.9. The highest BCUT2D eigenvalue weighted by Gasteiger charge is 2.08. The third-order valence-corrected chi connectivity index (χ3v) is 2.08. The molecule has 0 aliphatic heterocycles.